The number of carboxylic acids is 2. The van der Waals surface area contributed by atoms with Crippen LogP contribution in [0.4, 0.5) is 5.69 Å². The fourth-order valence-electron chi connectivity index (χ4n) is 13.1. The SMILES string of the molecule is CCCCCCCCCC(=O)N[C@@H](Cc1c(C)[nH]c2ccccc12)C(=O)N[C@H](CC(N)=O)C(=O)C[C@@H](CC(=O)O)C(=O)N[C@@H]1C(=O)NCC(=O)N[C@@H](CCCC)C(=O)C[C@@H](COC=O)C(=O)N[C@H](C)C(=O)N[C@@H](COC=O)C(=O)NCC(=O)N[C@H](CO)C(=O)C[C@@H]([C@H](C)CC(=O)O)C(=O)N[C@@H](CC(=O)c2cc(Cl)cc(Cl)c2NCC)C(=O)O[C@@H]1C. The molecule has 1 fully saturated rings. The van der Waals surface area contributed by atoms with Crippen LogP contribution in [0.2, 0.25) is 10.0 Å². The molecule has 17 N–H and O–H groups in total. The Kier molecular flexibility index (Phi) is 43.5. The molecule has 0 radical (unpaired) electrons. The number of benzene rings is 2. The smallest absolute Gasteiger partial charge is 0.329 e. The minimum atomic E-state index is -2.38. The first-order chi connectivity index (χ1) is 56.9. The summed E-state index contributed by atoms with van der Waals surface area (Å²) < 4.78 is 15.4. The molecule has 41 heteroatoms. The highest BCUT2D eigenvalue weighted by Gasteiger charge is 2.42. The van der Waals surface area contributed by atoms with Gasteiger partial charge >= 0.3 is 17.9 Å². The van der Waals surface area contributed by atoms with Crippen LogP contribution in [0.25, 0.3) is 10.9 Å². The number of carbonyl (C=O) groups is 20. The number of rotatable bonds is 40. The second-order valence-electron chi connectivity index (χ2n) is 29.2. The summed E-state index contributed by atoms with van der Waals surface area (Å²) >= 11 is 12.9. The van der Waals surface area contributed by atoms with Crippen molar-refractivity contribution < 1.29 is 125 Å². The summed E-state index contributed by atoms with van der Waals surface area (Å²) in [5.74, 6) is -29.3. The summed E-state index contributed by atoms with van der Waals surface area (Å²) in [6, 6.07) is -5.55. The molecule has 1 saturated heterocycles. The van der Waals surface area contributed by atoms with Crippen molar-refractivity contribution in [2.24, 2.45) is 29.4 Å². The zero-order valence-electron chi connectivity index (χ0n) is 67.9. The number of carbonyl (C=O) groups excluding carboxylic acids is 18. The molecule has 39 nitrogen and oxygen atoms in total. The van der Waals surface area contributed by atoms with Crippen molar-refractivity contribution in [1.82, 2.24) is 58.2 Å². The van der Waals surface area contributed by atoms with Crippen molar-refractivity contribution >= 4 is 159 Å². The third-order valence-electron chi connectivity index (χ3n) is 19.7. The number of fused-ring (bicyclic) bond motifs is 1. The number of H-pyrrole nitrogens is 1. The maximum absolute atomic E-state index is 15.1. The molecule has 4 rings (SSSR count). The first-order valence-electron chi connectivity index (χ1n) is 39.4. The lowest BCUT2D eigenvalue weighted by Gasteiger charge is -2.29. The van der Waals surface area contributed by atoms with Gasteiger partial charge in [-0.2, -0.15) is 0 Å². The van der Waals surface area contributed by atoms with Gasteiger partial charge in [0.1, 0.15) is 55.6 Å². The van der Waals surface area contributed by atoms with Crippen LogP contribution in [0.5, 0.6) is 0 Å². The van der Waals surface area contributed by atoms with Crippen LogP contribution < -0.4 is 64.2 Å². The number of hydrogen-bond donors (Lipinski definition) is 16. The number of esters is 1. The number of unbranched alkanes of at least 4 members (excludes halogenated alkanes) is 7. The highest BCUT2D eigenvalue weighted by molar-refractivity contribution is 6.37. The van der Waals surface area contributed by atoms with E-state index in [4.69, 9.17) is 43.1 Å². The van der Waals surface area contributed by atoms with Gasteiger partial charge in [0.2, 0.25) is 65.0 Å². The molecule has 11 amide bonds. The van der Waals surface area contributed by atoms with E-state index in [0.29, 0.717) is 41.4 Å². The normalized spacial score (nSPS) is 20.9. The monoisotopic (exact) mass is 1730 g/mol. The largest absolute Gasteiger partial charge is 0.481 e. The molecule has 13 atom stereocenters. The first kappa shape index (κ1) is 101. The van der Waals surface area contributed by atoms with E-state index in [1.807, 2.05) is 0 Å². The van der Waals surface area contributed by atoms with E-state index < -0.39 is 262 Å². The fraction of sp³-hybridized carbons (Fsp3) is 0.570. The number of anilines is 1. The maximum atomic E-state index is 15.1. The molecule has 2 aromatic carbocycles. The number of nitrogens with one attached hydrogen (secondary N) is 12. The number of ketones is 4. The molecular formula is C79H109Cl2N13O26. The molecule has 1 aliphatic heterocycles. The van der Waals surface area contributed by atoms with Gasteiger partial charge in [0, 0.05) is 84.6 Å². The summed E-state index contributed by atoms with van der Waals surface area (Å²) in [6.07, 6.45) is -3.19. The molecule has 0 spiro atoms. The third-order valence-corrected chi connectivity index (χ3v) is 20.2. The number of aryl methyl sites for hydroxylation is 1. The predicted molar refractivity (Wildman–Crippen MR) is 429 cm³/mol. The van der Waals surface area contributed by atoms with Crippen LogP contribution in [0.15, 0.2) is 36.4 Å². The number of hydrogen-bond acceptors (Lipinski definition) is 25. The van der Waals surface area contributed by atoms with Crippen LogP contribution in [0.3, 0.4) is 0 Å². The molecule has 0 saturated carbocycles. The number of aromatic nitrogens is 1. The molecule has 2 heterocycles. The number of para-hydroxylation sites is 1. The average molecular weight is 1730 g/mol. The van der Waals surface area contributed by atoms with E-state index in [2.05, 4.69) is 70.4 Å². The van der Waals surface area contributed by atoms with Gasteiger partial charge in [-0.15, -0.1) is 0 Å². The highest BCUT2D eigenvalue weighted by atomic mass is 35.5. The maximum Gasteiger partial charge on any atom is 0.329 e. The number of cyclic esters (lactones) is 1. The number of aliphatic carboxylic acids is 2. The zero-order valence-corrected chi connectivity index (χ0v) is 69.4. The zero-order chi connectivity index (χ0) is 89.5. The van der Waals surface area contributed by atoms with E-state index in [-0.39, 0.29) is 66.5 Å². The minimum Gasteiger partial charge on any atom is -0.481 e. The van der Waals surface area contributed by atoms with Crippen molar-refractivity contribution in [3.63, 3.8) is 0 Å². The molecule has 120 heavy (non-hydrogen) atoms. The van der Waals surface area contributed by atoms with Crippen molar-refractivity contribution in [2.75, 3.05) is 44.8 Å². The van der Waals surface area contributed by atoms with E-state index in [0.717, 1.165) is 52.0 Å². The van der Waals surface area contributed by atoms with Crippen LogP contribution >= 0.6 is 23.2 Å². The van der Waals surface area contributed by atoms with Gasteiger partial charge in [-0.25, -0.2) is 4.79 Å². The van der Waals surface area contributed by atoms with E-state index in [9.17, 15) is 106 Å². The van der Waals surface area contributed by atoms with Gasteiger partial charge in [0.15, 0.2) is 23.1 Å². The second kappa shape index (κ2) is 51.8. The van der Waals surface area contributed by atoms with E-state index in [1.165, 1.54) is 13.0 Å². The lowest BCUT2D eigenvalue weighted by Crippen LogP contribution is -2.57. The van der Waals surface area contributed by atoms with Crippen molar-refractivity contribution in [1.29, 1.82) is 0 Å². The first-order valence-corrected chi connectivity index (χ1v) is 40.2. The van der Waals surface area contributed by atoms with Crippen molar-refractivity contribution in [2.45, 2.75) is 225 Å². The van der Waals surface area contributed by atoms with Gasteiger partial charge in [-0.3, -0.25) is 91.1 Å². The molecule has 3 aromatic rings. The number of halogens is 2. The average Bonchev–Trinajstić information content (AvgIpc) is 1.58. The predicted octanol–water partition coefficient (Wildman–Crippen LogP) is 0.963. The van der Waals surface area contributed by atoms with Gasteiger partial charge in [0.05, 0.1) is 67.2 Å². The molecule has 0 unspecified atom stereocenters. The van der Waals surface area contributed by atoms with Gasteiger partial charge in [0.25, 0.3) is 12.9 Å². The van der Waals surface area contributed by atoms with E-state index >= 15 is 4.79 Å². The van der Waals surface area contributed by atoms with Gasteiger partial charge in [-0.1, -0.05) is 114 Å². The summed E-state index contributed by atoms with van der Waals surface area (Å²) in [5.41, 5.74) is 7.19. The Morgan fingerprint density at radius 1 is 0.658 bits per heavy atom. The summed E-state index contributed by atoms with van der Waals surface area (Å²) in [5, 5.41) is 57.3. The number of carboxylic acid groups (broad SMARTS) is 2. The molecule has 1 aliphatic rings. The number of ether oxygens (including phenoxy) is 3. The highest BCUT2D eigenvalue weighted by Crippen LogP contribution is 2.33. The van der Waals surface area contributed by atoms with Crippen LogP contribution in [-0.4, -0.2) is 233 Å². The van der Waals surface area contributed by atoms with Crippen molar-refractivity contribution in [3.8, 4) is 0 Å². The summed E-state index contributed by atoms with van der Waals surface area (Å²) in [6.45, 7) is 5.19. The topological polar surface area (TPSA) is 604 Å². The number of primary amides is 1. The van der Waals surface area contributed by atoms with Gasteiger partial charge < -0.3 is 98.7 Å². The number of aliphatic hydroxyl groups is 1. The Morgan fingerprint density at radius 2 is 1.27 bits per heavy atom. The van der Waals surface area contributed by atoms with E-state index in [1.54, 1.807) is 45.0 Å². The fourth-order valence-corrected chi connectivity index (χ4v) is 13.7. The number of aromatic amines is 1. The molecule has 660 valence electrons. The standard InChI is InChI=1S/C79H109Cl2N13O26/c1-8-11-13-14-15-16-17-23-65(103)89-56(30-50-42(5)86-53-22-19-18-20-48(50)53)77(115)91-55(33-64(82)102)62(100)25-45(27-69(108)109)73(111)94-70-44(7)120-79(117)57(32-60(98)51-28-47(80)29-52(81)71(51)83-10-3)92-75(113)49(41(4)24-68(106)107)31-63(101)58(36-95)90-67(105)34-84-76(114)59(38-119-40-97)93-72(110)43(6)87-74(112)46(37-118-39-96)26-61(99)54(21-12-9-2)88-66(104)35-85-78(70)116/h18-20,22,28-29,39-41,43-46,49,54-59,70,83,86,95H,8-17,21,23-27,30-38H2,1-7H3,(H2,82,102)(H,84,114)(H,85,116)(H,87,112)(H,88,104)(H,89,103)(H,90,105)(H,91,115)(H,92,113)(H,93,110)(H,94,111)(H,106,107)(H,108,109)/t41-,43-,44-,45+,46+,49+,54+,55-,56+,57+,58-,59+,70+/m1/s1. The summed E-state index contributed by atoms with van der Waals surface area (Å²) in [7, 11) is 0. The number of amides is 11. The number of nitrogens with two attached hydrogens (primary N) is 1. The Labute approximate surface area is 701 Å². The Balaban J connectivity index is 1.93. The quantitative estimate of drug-likeness (QED) is 0.0124. The molecular weight excluding hydrogens is 1620 g/mol. The third kappa shape index (κ3) is 33.7. The molecule has 0 bridgehead atoms. The number of aliphatic hydroxyl groups excluding tert-OH is 1. The van der Waals surface area contributed by atoms with Gasteiger partial charge in [-0.05, 0) is 70.2 Å². The second-order valence-corrected chi connectivity index (χ2v) is 30.0. The number of Topliss-reactive ketones (excluding diaryl/α,β-unsaturated/α-hetero) is 4. The molecule has 0 aliphatic carbocycles. The van der Waals surface area contributed by atoms with Crippen LogP contribution in [0, 0.1) is 30.6 Å². The Hall–Kier alpha value is -11.5. The lowest BCUT2D eigenvalue weighted by atomic mass is 9.84. The van der Waals surface area contributed by atoms with Crippen LogP contribution in [-0.2, 0) is 112 Å². The Bertz CT molecular complexity index is 4180. The Morgan fingerprint density at radius 3 is 1.89 bits per heavy atom. The van der Waals surface area contributed by atoms with Crippen molar-refractivity contribution in [3.05, 3.63) is 63.3 Å². The minimum absolute atomic E-state index is 0.00115. The van der Waals surface area contributed by atoms with Crippen LogP contribution in [0.1, 0.15) is 179 Å². The lowest BCUT2D eigenvalue weighted by molar-refractivity contribution is -0.156. The molecule has 1 aromatic heterocycles. The summed E-state index contributed by atoms with van der Waals surface area (Å²) in [4.78, 5) is 279.